The molecule has 0 N–H and O–H groups in total. The largest absolute Gasteiger partial charge is 0.497 e. The molecule has 0 bridgehead atoms. The lowest BCUT2D eigenvalue weighted by Crippen LogP contribution is -2.09. The predicted molar refractivity (Wildman–Crippen MR) is 207 cm³/mol. The summed E-state index contributed by atoms with van der Waals surface area (Å²) in [5.41, 5.74) is 1.92. The summed E-state index contributed by atoms with van der Waals surface area (Å²) in [6.07, 6.45) is 11.9. The van der Waals surface area contributed by atoms with Gasteiger partial charge < -0.3 is 28.4 Å². The standard InChI is InChI=1S/C24H28O6.C16H20O4.C3H8/c1-4-23(25)29-16-8-6-5-7-15-28-20-11-9-19(10-12-20)24(26)30-22-14-13-21(27-3)17-18(22)2;1-2-16(18)20-12-6-4-3-5-11-19-15-9-7-14(13-17)8-10-15;1-3-2/h4,9-14,17H,1,5-8,15-16H2,2-3H3;2,7-10,13H,1,3-6,11-12H2;3H2,1-2H3. The van der Waals surface area contributed by atoms with Gasteiger partial charge in [-0.2, -0.15) is 0 Å². The highest BCUT2D eigenvalue weighted by atomic mass is 16.5. The average Bonchev–Trinajstić information content (AvgIpc) is 3.18. The van der Waals surface area contributed by atoms with Gasteiger partial charge in [-0.05, 0) is 131 Å². The van der Waals surface area contributed by atoms with Crippen LogP contribution in [0, 0.1) is 6.92 Å². The lowest BCUT2D eigenvalue weighted by molar-refractivity contribution is -0.138. The topological polar surface area (TPSA) is 124 Å². The summed E-state index contributed by atoms with van der Waals surface area (Å²) in [6.45, 7) is 14.9. The molecule has 0 aliphatic carbocycles. The summed E-state index contributed by atoms with van der Waals surface area (Å²) in [7, 11) is 1.59. The summed E-state index contributed by atoms with van der Waals surface area (Å²) in [5, 5.41) is 0. The van der Waals surface area contributed by atoms with Crippen LogP contribution in [-0.2, 0) is 19.1 Å². The second-order valence-corrected chi connectivity index (χ2v) is 11.7. The van der Waals surface area contributed by atoms with Crippen LogP contribution in [0.1, 0.15) is 97.9 Å². The number of ether oxygens (including phenoxy) is 6. The van der Waals surface area contributed by atoms with E-state index in [0.717, 1.165) is 69.0 Å². The van der Waals surface area contributed by atoms with Crippen LogP contribution < -0.4 is 18.9 Å². The third kappa shape index (κ3) is 21.6. The van der Waals surface area contributed by atoms with Crippen molar-refractivity contribution < 1.29 is 47.6 Å². The first kappa shape index (κ1) is 45.6. The van der Waals surface area contributed by atoms with Crippen LogP contribution in [0.5, 0.6) is 23.0 Å². The minimum atomic E-state index is -0.424. The molecule has 0 unspecified atom stereocenters. The van der Waals surface area contributed by atoms with Crippen molar-refractivity contribution in [3.8, 4) is 23.0 Å². The average molecular weight is 733 g/mol. The minimum Gasteiger partial charge on any atom is -0.497 e. The predicted octanol–water partition coefficient (Wildman–Crippen LogP) is 9.48. The van der Waals surface area contributed by atoms with Gasteiger partial charge in [0, 0.05) is 17.7 Å². The lowest BCUT2D eigenvalue weighted by Gasteiger charge is -2.10. The van der Waals surface area contributed by atoms with Crippen LogP contribution in [-0.4, -0.2) is 57.7 Å². The fourth-order valence-electron chi connectivity index (χ4n) is 4.31. The van der Waals surface area contributed by atoms with Crippen molar-refractivity contribution in [2.24, 2.45) is 0 Å². The van der Waals surface area contributed by atoms with Crippen molar-refractivity contribution in [3.05, 3.63) is 109 Å². The van der Waals surface area contributed by atoms with Gasteiger partial charge in [0.25, 0.3) is 0 Å². The maximum Gasteiger partial charge on any atom is 0.343 e. The van der Waals surface area contributed by atoms with Gasteiger partial charge in [0.1, 0.15) is 29.3 Å². The molecule has 0 saturated carbocycles. The molecular weight excluding hydrogens is 676 g/mol. The summed E-state index contributed by atoms with van der Waals surface area (Å²) < 4.78 is 31.7. The first-order chi connectivity index (χ1) is 25.7. The molecule has 3 aromatic carbocycles. The summed E-state index contributed by atoms with van der Waals surface area (Å²) >= 11 is 0. The molecule has 0 saturated heterocycles. The summed E-state index contributed by atoms with van der Waals surface area (Å²) in [4.78, 5) is 44.5. The van der Waals surface area contributed by atoms with Gasteiger partial charge in [0.15, 0.2) is 0 Å². The molecule has 0 atom stereocenters. The van der Waals surface area contributed by atoms with Crippen molar-refractivity contribution in [1.82, 2.24) is 0 Å². The Labute approximate surface area is 315 Å². The Bertz CT molecular complexity index is 1500. The Balaban J connectivity index is 0.000000528. The molecule has 3 aromatic rings. The number of aldehydes is 1. The van der Waals surface area contributed by atoms with Gasteiger partial charge >= 0.3 is 17.9 Å². The quantitative estimate of drug-likeness (QED) is 0.0324. The number of esters is 3. The zero-order chi connectivity index (χ0) is 39.1. The number of hydrogen-bond acceptors (Lipinski definition) is 10. The highest BCUT2D eigenvalue weighted by molar-refractivity contribution is 5.91. The third-order valence-electron chi connectivity index (χ3n) is 7.13. The second kappa shape index (κ2) is 29.2. The fourth-order valence-corrected chi connectivity index (χ4v) is 4.31. The zero-order valence-electron chi connectivity index (χ0n) is 31.8. The molecule has 0 heterocycles. The zero-order valence-corrected chi connectivity index (χ0v) is 31.8. The van der Waals surface area contributed by atoms with Gasteiger partial charge in [0.2, 0.25) is 0 Å². The molecular formula is C43H56O10. The Hall–Kier alpha value is -5.38. The molecule has 0 aliphatic heterocycles. The van der Waals surface area contributed by atoms with E-state index in [1.54, 1.807) is 67.8 Å². The van der Waals surface area contributed by atoms with Crippen LogP contribution >= 0.6 is 0 Å². The number of methoxy groups -OCH3 is 1. The van der Waals surface area contributed by atoms with Gasteiger partial charge in [0.05, 0.1) is 39.1 Å². The Morgan fingerprint density at radius 1 is 0.623 bits per heavy atom. The van der Waals surface area contributed by atoms with Crippen molar-refractivity contribution >= 4 is 24.2 Å². The highest BCUT2D eigenvalue weighted by Gasteiger charge is 2.11. The summed E-state index contributed by atoms with van der Waals surface area (Å²) in [5.74, 6) is 1.51. The van der Waals surface area contributed by atoms with E-state index in [4.69, 9.17) is 28.4 Å². The van der Waals surface area contributed by atoms with Gasteiger partial charge in [-0.1, -0.05) is 33.4 Å². The van der Waals surface area contributed by atoms with E-state index in [1.807, 2.05) is 13.0 Å². The fraction of sp³-hybridized carbons (Fsp3) is 0.395. The first-order valence-electron chi connectivity index (χ1n) is 18.1. The number of hydrogen-bond donors (Lipinski definition) is 0. The molecule has 0 aromatic heterocycles. The van der Waals surface area contributed by atoms with E-state index in [2.05, 4.69) is 27.0 Å². The maximum atomic E-state index is 12.3. The molecule has 0 aliphatic rings. The molecule has 0 radical (unpaired) electrons. The van der Waals surface area contributed by atoms with Crippen molar-refractivity contribution in [2.45, 2.75) is 78.6 Å². The number of unbranched alkanes of at least 4 members (excludes halogenated alkanes) is 6. The van der Waals surface area contributed by atoms with Gasteiger partial charge in [-0.25, -0.2) is 14.4 Å². The molecule has 0 fully saturated rings. The SMILES string of the molecule is C=CC(=O)OCCCCCCOc1ccc(C(=O)Oc2ccc(OC)cc2C)cc1.C=CC(=O)OCCCCCCOc1ccc(C=O)cc1.CCC. The normalized spacial score (nSPS) is 9.81. The molecule has 0 amide bonds. The van der Waals surface area contributed by atoms with Crippen LogP contribution in [0.15, 0.2) is 92.0 Å². The third-order valence-corrected chi connectivity index (χ3v) is 7.13. The molecule has 288 valence electrons. The number of aryl methyl sites for hydroxylation is 1. The van der Waals surface area contributed by atoms with E-state index in [-0.39, 0.29) is 11.9 Å². The number of rotatable bonds is 22. The van der Waals surface area contributed by atoms with Gasteiger partial charge in [-0.15, -0.1) is 0 Å². The maximum absolute atomic E-state index is 12.3. The van der Waals surface area contributed by atoms with E-state index in [9.17, 15) is 19.2 Å². The lowest BCUT2D eigenvalue weighted by atomic mass is 10.2. The molecule has 10 nitrogen and oxygen atoms in total. The Morgan fingerprint density at radius 2 is 1.06 bits per heavy atom. The Kier molecular flexibility index (Phi) is 25.2. The minimum absolute atomic E-state index is 0.368. The first-order valence-corrected chi connectivity index (χ1v) is 18.1. The van der Waals surface area contributed by atoms with Crippen LogP contribution in [0.3, 0.4) is 0 Å². The van der Waals surface area contributed by atoms with Crippen LogP contribution in [0.25, 0.3) is 0 Å². The Morgan fingerprint density at radius 3 is 1.47 bits per heavy atom. The van der Waals surface area contributed by atoms with Gasteiger partial charge in [-0.3, -0.25) is 4.79 Å². The van der Waals surface area contributed by atoms with Crippen LogP contribution in [0.4, 0.5) is 0 Å². The van der Waals surface area contributed by atoms with Crippen molar-refractivity contribution in [3.63, 3.8) is 0 Å². The molecule has 53 heavy (non-hydrogen) atoms. The van der Waals surface area contributed by atoms with Crippen molar-refractivity contribution in [2.75, 3.05) is 33.5 Å². The number of carbonyl (C=O) groups excluding carboxylic acids is 4. The van der Waals surface area contributed by atoms with Crippen molar-refractivity contribution in [1.29, 1.82) is 0 Å². The van der Waals surface area contributed by atoms with E-state index >= 15 is 0 Å². The summed E-state index contributed by atoms with van der Waals surface area (Å²) in [6, 6.07) is 19.2. The van der Waals surface area contributed by atoms with E-state index in [0.29, 0.717) is 54.8 Å². The molecule has 3 rings (SSSR count). The van der Waals surface area contributed by atoms with E-state index < -0.39 is 5.97 Å². The number of benzene rings is 3. The smallest absolute Gasteiger partial charge is 0.343 e. The number of carbonyl (C=O) groups is 4. The molecule has 10 heteroatoms. The van der Waals surface area contributed by atoms with E-state index in [1.165, 1.54) is 18.6 Å². The second-order valence-electron chi connectivity index (χ2n) is 11.7. The monoisotopic (exact) mass is 732 g/mol. The highest BCUT2D eigenvalue weighted by Crippen LogP contribution is 2.24. The van der Waals surface area contributed by atoms with Crippen LogP contribution in [0.2, 0.25) is 0 Å². The molecule has 0 spiro atoms.